The molecule has 43 heavy (non-hydrogen) atoms. The van der Waals surface area contributed by atoms with E-state index in [0.29, 0.717) is 13.0 Å². The lowest BCUT2D eigenvalue weighted by Crippen LogP contribution is -2.14. The van der Waals surface area contributed by atoms with E-state index in [1.807, 2.05) is 109 Å². The number of amides is 1. The number of ether oxygens (including phenoxy) is 2. The zero-order chi connectivity index (χ0) is 29.9. The van der Waals surface area contributed by atoms with E-state index in [2.05, 4.69) is 25.6 Å². The summed E-state index contributed by atoms with van der Waals surface area (Å²) < 4.78 is 10.5. The summed E-state index contributed by atoms with van der Waals surface area (Å²) >= 11 is 1.56. The normalized spacial score (nSPS) is 10.4. The summed E-state index contributed by atoms with van der Waals surface area (Å²) in [5.74, 6) is 1.59. The number of hydrogen-bond donors (Lipinski definition) is 2. The van der Waals surface area contributed by atoms with Crippen LogP contribution in [-0.4, -0.2) is 34.6 Å². The van der Waals surface area contributed by atoms with E-state index >= 15 is 0 Å². The molecule has 0 radical (unpaired) electrons. The average Bonchev–Trinajstić information content (AvgIpc) is 3.52. The third-order valence-electron chi connectivity index (χ3n) is 6.28. The van der Waals surface area contributed by atoms with Crippen LogP contribution >= 0.6 is 11.3 Å². The summed E-state index contributed by atoms with van der Waals surface area (Å²) in [4.78, 5) is 25.4. The van der Waals surface area contributed by atoms with Crippen molar-refractivity contribution in [2.45, 2.75) is 13.3 Å². The number of fused-ring (bicyclic) bond motifs is 1. The summed E-state index contributed by atoms with van der Waals surface area (Å²) in [7, 11) is 1.62. The molecule has 0 unspecified atom stereocenters. The first kappa shape index (κ1) is 29.2. The SMILES string of the molecule is CCOc1ccc(Nc2nc(-c3ccccn3)cs2)cc1.COc1ccc(CC(=O)Nc2cccc3cccnc23)cc1. The summed E-state index contributed by atoms with van der Waals surface area (Å²) in [5.41, 5.74) is 5.22. The number of anilines is 3. The molecule has 0 aliphatic rings. The number of methoxy groups -OCH3 is 1. The van der Waals surface area contributed by atoms with Gasteiger partial charge in [-0.25, -0.2) is 4.98 Å². The number of carbonyl (C=O) groups excluding carboxylic acids is 1. The molecule has 3 aromatic carbocycles. The van der Waals surface area contributed by atoms with Gasteiger partial charge in [0.2, 0.25) is 5.91 Å². The number of nitrogens with one attached hydrogen (secondary N) is 2. The second-order valence-corrected chi connectivity index (χ2v) is 10.1. The van der Waals surface area contributed by atoms with Gasteiger partial charge in [0.05, 0.1) is 37.0 Å². The van der Waals surface area contributed by atoms with E-state index in [9.17, 15) is 4.79 Å². The Morgan fingerprint density at radius 3 is 2.33 bits per heavy atom. The highest BCUT2D eigenvalue weighted by Crippen LogP contribution is 2.27. The van der Waals surface area contributed by atoms with Gasteiger partial charge in [0.25, 0.3) is 0 Å². The van der Waals surface area contributed by atoms with E-state index in [0.717, 1.165) is 55.9 Å². The molecule has 0 spiro atoms. The van der Waals surface area contributed by atoms with Crippen molar-refractivity contribution in [3.63, 3.8) is 0 Å². The van der Waals surface area contributed by atoms with Crippen molar-refractivity contribution in [1.82, 2.24) is 15.0 Å². The van der Waals surface area contributed by atoms with Crippen LogP contribution in [-0.2, 0) is 11.2 Å². The van der Waals surface area contributed by atoms with Crippen LogP contribution in [0.15, 0.2) is 115 Å². The minimum atomic E-state index is -0.0664. The summed E-state index contributed by atoms with van der Waals surface area (Å²) in [6.07, 6.45) is 3.81. The Kier molecular flexibility index (Phi) is 9.90. The predicted molar refractivity (Wildman–Crippen MR) is 173 cm³/mol. The Morgan fingerprint density at radius 2 is 1.58 bits per heavy atom. The molecular weight excluding hydrogens is 558 g/mol. The molecule has 0 atom stereocenters. The molecule has 1 amide bonds. The summed E-state index contributed by atoms with van der Waals surface area (Å²) in [6, 6.07) is 30.7. The standard InChI is InChI=1S/C18H16N2O2.C16H15N3OS/c1-22-15-9-7-13(8-10-15)12-17(21)20-16-6-2-4-14-5-3-11-19-18(14)16;1-2-20-13-8-6-12(7-9-13)18-16-19-15(11-21-16)14-5-3-4-10-17-14/h2-11H,12H2,1H3,(H,20,21);3-11H,2H2,1H3,(H,18,19). The quantitative estimate of drug-likeness (QED) is 0.178. The van der Waals surface area contributed by atoms with Crippen LogP contribution in [0.25, 0.3) is 22.3 Å². The fourth-order valence-electron chi connectivity index (χ4n) is 4.22. The number of hydrogen-bond acceptors (Lipinski definition) is 8. The molecule has 216 valence electrons. The highest BCUT2D eigenvalue weighted by Gasteiger charge is 2.08. The fourth-order valence-corrected chi connectivity index (χ4v) is 4.94. The Balaban J connectivity index is 0.000000171. The number of para-hydroxylation sites is 1. The van der Waals surface area contributed by atoms with Gasteiger partial charge in [0.15, 0.2) is 5.13 Å². The number of aromatic nitrogens is 3. The summed E-state index contributed by atoms with van der Waals surface area (Å²) in [6.45, 7) is 2.65. The van der Waals surface area contributed by atoms with Crippen LogP contribution in [0, 0.1) is 0 Å². The maximum atomic E-state index is 12.2. The highest BCUT2D eigenvalue weighted by atomic mass is 32.1. The molecule has 6 aromatic rings. The minimum Gasteiger partial charge on any atom is -0.497 e. The summed E-state index contributed by atoms with van der Waals surface area (Å²) in [5, 5.41) is 10.1. The Morgan fingerprint density at radius 1 is 0.814 bits per heavy atom. The lowest BCUT2D eigenvalue weighted by Gasteiger charge is -2.08. The zero-order valence-corrected chi connectivity index (χ0v) is 24.7. The molecule has 6 rings (SSSR count). The zero-order valence-electron chi connectivity index (χ0n) is 23.9. The van der Waals surface area contributed by atoms with Crippen molar-refractivity contribution in [3.8, 4) is 22.9 Å². The smallest absolute Gasteiger partial charge is 0.228 e. The fraction of sp³-hybridized carbons (Fsp3) is 0.118. The van der Waals surface area contributed by atoms with Crippen molar-refractivity contribution >= 4 is 44.7 Å². The molecule has 3 heterocycles. The van der Waals surface area contributed by atoms with Crippen molar-refractivity contribution in [3.05, 3.63) is 120 Å². The van der Waals surface area contributed by atoms with Crippen LogP contribution in [0.3, 0.4) is 0 Å². The molecule has 9 heteroatoms. The number of benzene rings is 3. The van der Waals surface area contributed by atoms with E-state index in [1.54, 1.807) is 30.8 Å². The van der Waals surface area contributed by atoms with Gasteiger partial charge in [0.1, 0.15) is 17.2 Å². The van der Waals surface area contributed by atoms with Gasteiger partial charge >= 0.3 is 0 Å². The topological polar surface area (TPSA) is 98.3 Å². The Bertz CT molecular complexity index is 1750. The largest absolute Gasteiger partial charge is 0.497 e. The number of pyridine rings is 2. The van der Waals surface area contributed by atoms with E-state index in [1.165, 1.54) is 0 Å². The van der Waals surface area contributed by atoms with E-state index in [-0.39, 0.29) is 5.91 Å². The van der Waals surface area contributed by atoms with Crippen molar-refractivity contribution in [2.75, 3.05) is 24.4 Å². The molecule has 0 aliphatic carbocycles. The van der Waals surface area contributed by atoms with E-state index < -0.39 is 0 Å². The van der Waals surface area contributed by atoms with Crippen LogP contribution in [0.2, 0.25) is 0 Å². The number of rotatable bonds is 9. The van der Waals surface area contributed by atoms with Crippen LogP contribution in [0.5, 0.6) is 11.5 Å². The first-order valence-corrected chi connectivity index (χ1v) is 14.6. The van der Waals surface area contributed by atoms with Crippen LogP contribution in [0.1, 0.15) is 12.5 Å². The third kappa shape index (κ3) is 8.15. The Hall–Kier alpha value is -5.28. The van der Waals surface area contributed by atoms with Crippen LogP contribution < -0.4 is 20.1 Å². The van der Waals surface area contributed by atoms with Crippen molar-refractivity contribution in [2.24, 2.45) is 0 Å². The van der Waals surface area contributed by atoms with Gasteiger partial charge in [-0.1, -0.05) is 36.4 Å². The maximum Gasteiger partial charge on any atom is 0.228 e. The molecule has 0 saturated heterocycles. The monoisotopic (exact) mass is 589 g/mol. The third-order valence-corrected chi connectivity index (χ3v) is 7.04. The second kappa shape index (κ2) is 14.6. The van der Waals surface area contributed by atoms with Gasteiger partial charge in [-0.05, 0) is 73.2 Å². The van der Waals surface area contributed by atoms with Gasteiger partial charge in [-0.15, -0.1) is 11.3 Å². The van der Waals surface area contributed by atoms with Crippen LogP contribution in [0.4, 0.5) is 16.5 Å². The number of carbonyl (C=O) groups is 1. The molecule has 8 nitrogen and oxygen atoms in total. The van der Waals surface area contributed by atoms with Gasteiger partial charge in [0, 0.05) is 28.8 Å². The first-order valence-electron chi connectivity index (χ1n) is 13.7. The minimum absolute atomic E-state index is 0.0664. The number of nitrogens with zero attached hydrogens (tertiary/aromatic N) is 3. The number of thiazole rings is 1. The second-order valence-electron chi connectivity index (χ2n) is 9.29. The first-order chi connectivity index (χ1) is 21.1. The average molecular weight is 590 g/mol. The lowest BCUT2D eigenvalue weighted by molar-refractivity contribution is -0.115. The molecule has 0 fully saturated rings. The Labute approximate surface area is 254 Å². The molecule has 0 bridgehead atoms. The van der Waals surface area contributed by atoms with Crippen molar-refractivity contribution in [1.29, 1.82) is 0 Å². The van der Waals surface area contributed by atoms with E-state index in [4.69, 9.17) is 9.47 Å². The molecule has 0 aliphatic heterocycles. The van der Waals surface area contributed by atoms with Gasteiger partial charge < -0.3 is 20.1 Å². The lowest BCUT2D eigenvalue weighted by atomic mass is 10.1. The molecule has 3 aromatic heterocycles. The van der Waals surface area contributed by atoms with Gasteiger partial charge in [-0.2, -0.15) is 0 Å². The van der Waals surface area contributed by atoms with Crippen molar-refractivity contribution < 1.29 is 14.3 Å². The molecule has 0 saturated carbocycles. The maximum absolute atomic E-state index is 12.2. The van der Waals surface area contributed by atoms with Gasteiger partial charge in [-0.3, -0.25) is 14.8 Å². The predicted octanol–water partition coefficient (Wildman–Crippen LogP) is 7.77. The highest BCUT2D eigenvalue weighted by molar-refractivity contribution is 7.14. The molecular formula is C34H31N5O3S. The molecule has 2 N–H and O–H groups in total.